The Bertz CT molecular complexity index is 541. The molecule has 7 heteroatoms. The van der Waals surface area contributed by atoms with Gasteiger partial charge in [-0.15, -0.1) is 6.58 Å². The van der Waals surface area contributed by atoms with Crippen LogP contribution in [0.15, 0.2) is 36.9 Å². The highest BCUT2D eigenvalue weighted by Gasteiger charge is 2.21. The van der Waals surface area contributed by atoms with E-state index in [-0.39, 0.29) is 17.7 Å². The molecular formula is C13H14N2O5. The van der Waals surface area contributed by atoms with Crippen LogP contribution in [0.1, 0.15) is 16.8 Å². The zero-order valence-corrected chi connectivity index (χ0v) is 10.9. The number of nitrogens with zero attached hydrogens (tertiary/aromatic N) is 1. The minimum atomic E-state index is -0.871. The van der Waals surface area contributed by atoms with Gasteiger partial charge < -0.3 is 10.1 Å². The lowest BCUT2D eigenvalue weighted by molar-refractivity contribution is -0.384. The first-order valence-corrected chi connectivity index (χ1v) is 5.73. The molecule has 0 saturated carbocycles. The molecule has 1 rings (SSSR count). The molecule has 0 bridgehead atoms. The molecule has 0 unspecified atom stereocenters. The molecule has 0 heterocycles. The highest BCUT2D eigenvalue weighted by Crippen LogP contribution is 2.13. The van der Waals surface area contributed by atoms with Crippen molar-refractivity contribution in [3.05, 3.63) is 52.6 Å². The average molecular weight is 278 g/mol. The summed E-state index contributed by atoms with van der Waals surface area (Å²) in [5.41, 5.74) is -0.104. The van der Waals surface area contributed by atoms with E-state index in [2.05, 4.69) is 16.6 Å². The zero-order valence-electron chi connectivity index (χ0n) is 10.9. The fourth-order valence-electron chi connectivity index (χ4n) is 1.53. The Hall–Kier alpha value is -2.70. The Morgan fingerprint density at radius 1 is 1.55 bits per heavy atom. The molecule has 0 aliphatic carbocycles. The fourth-order valence-corrected chi connectivity index (χ4v) is 1.53. The predicted octanol–water partition coefficient (Wildman–Crippen LogP) is 1.44. The second kappa shape index (κ2) is 7.03. The number of nitro groups is 1. The molecular weight excluding hydrogens is 264 g/mol. The second-order valence-electron chi connectivity index (χ2n) is 3.88. The van der Waals surface area contributed by atoms with Crippen molar-refractivity contribution in [2.75, 3.05) is 7.11 Å². The normalized spacial score (nSPS) is 11.2. The molecule has 0 radical (unpaired) electrons. The third-order valence-corrected chi connectivity index (χ3v) is 2.51. The molecule has 20 heavy (non-hydrogen) atoms. The van der Waals surface area contributed by atoms with E-state index in [0.717, 1.165) is 6.07 Å². The van der Waals surface area contributed by atoms with Gasteiger partial charge in [-0.2, -0.15) is 0 Å². The van der Waals surface area contributed by atoms with Gasteiger partial charge in [-0.25, -0.2) is 4.79 Å². The first-order chi connectivity index (χ1) is 9.49. The number of esters is 1. The van der Waals surface area contributed by atoms with Crippen molar-refractivity contribution in [1.29, 1.82) is 0 Å². The largest absolute Gasteiger partial charge is 0.467 e. The topological polar surface area (TPSA) is 98.5 Å². The van der Waals surface area contributed by atoms with E-state index < -0.39 is 22.8 Å². The molecule has 0 saturated heterocycles. The summed E-state index contributed by atoms with van der Waals surface area (Å²) in [6.45, 7) is 3.49. The van der Waals surface area contributed by atoms with Gasteiger partial charge in [0.1, 0.15) is 6.04 Å². The van der Waals surface area contributed by atoms with Crippen LogP contribution in [0.4, 0.5) is 5.69 Å². The van der Waals surface area contributed by atoms with Crippen molar-refractivity contribution < 1.29 is 19.2 Å². The van der Waals surface area contributed by atoms with Crippen molar-refractivity contribution in [2.24, 2.45) is 0 Å². The van der Waals surface area contributed by atoms with Crippen LogP contribution in [0.2, 0.25) is 0 Å². The summed E-state index contributed by atoms with van der Waals surface area (Å²) < 4.78 is 4.55. The highest BCUT2D eigenvalue weighted by atomic mass is 16.6. The monoisotopic (exact) mass is 278 g/mol. The number of carbonyl (C=O) groups is 2. The van der Waals surface area contributed by atoms with Gasteiger partial charge in [0.05, 0.1) is 12.0 Å². The van der Waals surface area contributed by atoms with E-state index in [0.29, 0.717) is 0 Å². The molecule has 0 spiro atoms. The number of nitrogens with one attached hydrogen (secondary N) is 1. The van der Waals surface area contributed by atoms with Crippen LogP contribution in [-0.4, -0.2) is 30.0 Å². The van der Waals surface area contributed by atoms with Crippen LogP contribution in [0.5, 0.6) is 0 Å². The van der Waals surface area contributed by atoms with Crippen LogP contribution in [-0.2, 0) is 9.53 Å². The lowest BCUT2D eigenvalue weighted by atomic mass is 10.1. The third kappa shape index (κ3) is 3.91. The molecule has 106 valence electrons. The average Bonchev–Trinajstić information content (AvgIpc) is 2.45. The summed E-state index contributed by atoms with van der Waals surface area (Å²) in [5.74, 6) is -1.20. The van der Waals surface area contributed by atoms with Gasteiger partial charge in [-0.3, -0.25) is 14.9 Å². The molecule has 1 aromatic carbocycles. The van der Waals surface area contributed by atoms with E-state index in [1.165, 1.54) is 31.4 Å². The molecule has 1 amide bonds. The smallest absolute Gasteiger partial charge is 0.328 e. The molecule has 0 fully saturated rings. The standard InChI is InChI=1S/C13H14N2O5/c1-3-5-11(13(17)20-2)14-12(16)9-6-4-7-10(8-9)15(18)19/h3-4,6-8,11H,1,5H2,2H3,(H,14,16)/t11-/m1/s1. The quantitative estimate of drug-likeness (QED) is 0.367. The van der Waals surface area contributed by atoms with Crippen LogP contribution < -0.4 is 5.32 Å². The Morgan fingerprint density at radius 2 is 2.25 bits per heavy atom. The number of nitro benzene ring substituents is 1. The maximum absolute atomic E-state index is 11.9. The molecule has 1 N–H and O–H groups in total. The lowest BCUT2D eigenvalue weighted by Crippen LogP contribution is -2.41. The van der Waals surface area contributed by atoms with Gasteiger partial charge >= 0.3 is 5.97 Å². The van der Waals surface area contributed by atoms with Crippen molar-refractivity contribution >= 4 is 17.6 Å². The van der Waals surface area contributed by atoms with E-state index in [4.69, 9.17) is 0 Å². The summed E-state index contributed by atoms with van der Waals surface area (Å²) in [7, 11) is 1.21. The van der Waals surface area contributed by atoms with E-state index in [1.807, 2.05) is 0 Å². The van der Waals surface area contributed by atoms with E-state index in [9.17, 15) is 19.7 Å². The molecule has 7 nitrogen and oxygen atoms in total. The maximum atomic E-state index is 11.9. The number of amides is 1. The molecule has 0 aliphatic rings. The van der Waals surface area contributed by atoms with Gasteiger partial charge in [0.25, 0.3) is 11.6 Å². The summed E-state index contributed by atoms with van der Waals surface area (Å²) in [6, 6.07) is 4.36. The fraction of sp³-hybridized carbons (Fsp3) is 0.231. The van der Waals surface area contributed by atoms with Gasteiger partial charge in [0.2, 0.25) is 0 Å². The first-order valence-electron chi connectivity index (χ1n) is 5.73. The van der Waals surface area contributed by atoms with Crippen LogP contribution in [0.3, 0.4) is 0 Å². The molecule has 1 atom stereocenters. The number of carbonyl (C=O) groups excluding carboxylic acids is 2. The molecule has 0 aliphatic heterocycles. The minimum Gasteiger partial charge on any atom is -0.467 e. The van der Waals surface area contributed by atoms with Crippen molar-refractivity contribution in [3.63, 3.8) is 0 Å². The number of hydrogen-bond acceptors (Lipinski definition) is 5. The maximum Gasteiger partial charge on any atom is 0.328 e. The predicted molar refractivity (Wildman–Crippen MR) is 71.2 cm³/mol. The summed E-state index contributed by atoms with van der Waals surface area (Å²) >= 11 is 0. The summed E-state index contributed by atoms with van der Waals surface area (Å²) in [6.07, 6.45) is 1.67. The van der Waals surface area contributed by atoms with Crippen molar-refractivity contribution in [1.82, 2.24) is 5.32 Å². The molecule has 0 aromatic heterocycles. The summed E-state index contributed by atoms with van der Waals surface area (Å²) in [4.78, 5) is 33.4. The number of benzene rings is 1. The van der Waals surface area contributed by atoms with Crippen LogP contribution in [0, 0.1) is 10.1 Å². The van der Waals surface area contributed by atoms with E-state index in [1.54, 1.807) is 0 Å². The Labute approximate surface area is 115 Å². The van der Waals surface area contributed by atoms with Gasteiger partial charge in [0.15, 0.2) is 0 Å². The molecule has 1 aromatic rings. The van der Waals surface area contributed by atoms with E-state index >= 15 is 0 Å². The first kappa shape index (κ1) is 15.4. The Kier molecular flexibility index (Phi) is 5.40. The minimum absolute atomic E-state index is 0.0946. The zero-order chi connectivity index (χ0) is 15.1. The number of methoxy groups -OCH3 is 1. The van der Waals surface area contributed by atoms with Gasteiger partial charge in [-0.1, -0.05) is 12.1 Å². The number of rotatable bonds is 6. The number of non-ortho nitro benzene ring substituents is 1. The lowest BCUT2D eigenvalue weighted by Gasteiger charge is -2.14. The number of ether oxygens (including phenoxy) is 1. The van der Waals surface area contributed by atoms with Crippen LogP contribution in [0.25, 0.3) is 0 Å². The van der Waals surface area contributed by atoms with Gasteiger partial charge in [0, 0.05) is 17.7 Å². The second-order valence-corrected chi connectivity index (χ2v) is 3.88. The SMILES string of the molecule is C=CC[C@@H](NC(=O)c1cccc([N+](=O)[O-])c1)C(=O)OC. The van der Waals surface area contributed by atoms with Crippen LogP contribution >= 0.6 is 0 Å². The summed E-state index contributed by atoms with van der Waals surface area (Å²) in [5, 5.41) is 13.1. The number of hydrogen-bond donors (Lipinski definition) is 1. The van der Waals surface area contributed by atoms with Gasteiger partial charge in [-0.05, 0) is 12.5 Å². The Balaban J connectivity index is 2.88. The van der Waals surface area contributed by atoms with Crippen molar-refractivity contribution in [3.8, 4) is 0 Å². The van der Waals surface area contributed by atoms with Crippen molar-refractivity contribution in [2.45, 2.75) is 12.5 Å². The third-order valence-electron chi connectivity index (χ3n) is 2.51. The Morgan fingerprint density at radius 3 is 2.80 bits per heavy atom. The highest BCUT2D eigenvalue weighted by molar-refractivity contribution is 5.97.